The normalized spacial score (nSPS) is 14.4. The SMILES string of the molecule is N#Cc1ccc(-c2ccc3ncc(-c4cc(F)cc(F)c4)c(N4CCC(N)CC4)c3c2)cc1O. The first kappa shape index (κ1) is 21.8. The molecule has 5 rings (SSSR count). The van der Waals surface area contributed by atoms with E-state index in [0.717, 1.165) is 46.6 Å². The first-order chi connectivity index (χ1) is 16.4. The van der Waals surface area contributed by atoms with Crippen molar-refractivity contribution in [2.24, 2.45) is 5.73 Å². The van der Waals surface area contributed by atoms with Gasteiger partial charge in [-0.25, -0.2) is 8.78 Å². The molecule has 0 aliphatic carbocycles. The molecule has 0 atom stereocenters. The molecule has 0 radical (unpaired) electrons. The lowest BCUT2D eigenvalue weighted by Gasteiger charge is -2.34. The second-order valence-corrected chi connectivity index (χ2v) is 8.58. The van der Waals surface area contributed by atoms with Gasteiger partial charge in [0.15, 0.2) is 0 Å². The second-order valence-electron chi connectivity index (χ2n) is 8.58. The van der Waals surface area contributed by atoms with Crippen LogP contribution in [0.1, 0.15) is 18.4 Å². The molecular weight excluding hydrogens is 434 g/mol. The fraction of sp³-hybridized carbons (Fsp3) is 0.185. The van der Waals surface area contributed by atoms with E-state index < -0.39 is 11.6 Å². The highest BCUT2D eigenvalue weighted by Gasteiger charge is 2.23. The Morgan fingerprint density at radius 2 is 1.62 bits per heavy atom. The number of hydrogen-bond acceptors (Lipinski definition) is 5. The summed E-state index contributed by atoms with van der Waals surface area (Å²) in [6, 6.07) is 16.2. The van der Waals surface area contributed by atoms with E-state index >= 15 is 0 Å². The van der Waals surface area contributed by atoms with Gasteiger partial charge in [-0.1, -0.05) is 12.1 Å². The summed E-state index contributed by atoms with van der Waals surface area (Å²) in [4.78, 5) is 6.78. The number of halogens is 2. The highest BCUT2D eigenvalue weighted by Crippen LogP contribution is 2.40. The van der Waals surface area contributed by atoms with Gasteiger partial charge in [-0.05, 0) is 65.9 Å². The molecule has 5 nitrogen and oxygen atoms in total. The number of rotatable bonds is 3. The van der Waals surface area contributed by atoms with Gasteiger partial charge in [-0.2, -0.15) is 5.26 Å². The minimum Gasteiger partial charge on any atom is -0.507 e. The lowest BCUT2D eigenvalue weighted by Crippen LogP contribution is -2.40. The number of benzene rings is 3. The Morgan fingerprint density at radius 1 is 0.941 bits per heavy atom. The molecule has 34 heavy (non-hydrogen) atoms. The molecule has 0 bridgehead atoms. The van der Waals surface area contributed by atoms with E-state index in [9.17, 15) is 13.9 Å². The molecular formula is C27H22F2N4O. The highest BCUT2D eigenvalue weighted by atomic mass is 19.1. The number of aromatic hydroxyl groups is 1. The van der Waals surface area contributed by atoms with E-state index in [-0.39, 0.29) is 17.4 Å². The zero-order valence-electron chi connectivity index (χ0n) is 18.3. The van der Waals surface area contributed by atoms with Crippen molar-refractivity contribution in [3.8, 4) is 34.1 Å². The molecule has 1 fully saturated rings. The summed E-state index contributed by atoms with van der Waals surface area (Å²) in [7, 11) is 0. The van der Waals surface area contributed by atoms with Crippen molar-refractivity contribution in [3.63, 3.8) is 0 Å². The molecule has 0 unspecified atom stereocenters. The number of anilines is 1. The van der Waals surface area contributed by atoms with Crippen LogP contribution in [0.15, 0.2) is 60.8 Å². The van der Waals surface area contributed by atoms with Crippen LogP contribution in [0.2, 0.25) is 0 Å². The molecule has 0 saturated carbocycles. The summed E-state index contributed by atoms with van der Waals surface area (Å²) in [5.41, 5.74) is 10.5. The van der Waals surface area contributed by atoms with E-state index in [4.69, 9.17) is 11.0 Å². The summed E-state index contributed by atoms with van der Waals surface area (Å²) in [6.07, 6.45) is 3.28. The van der Waals surface area contributed by atoms with Gasteiger partial charge >= 0.3 is 0 Å². The van der Waals surface area contributed by atoms with Crippen LogP contribution in [0.5, 0.6) is 5.75 Å². The van der Waals surface area contributed by atoms with Crippen molar-refractivity contribution in [3.05, 3.63) is 78.0 Å². The smallest absolute Gasteiger partial charge is 0.133 e. The number of phenols is 1. The van der Waals surface area contributed by atoms with Crippen LogP contribution in [0.4, 0.5) is 14.5 Å². The number of nitrogens with two attached hydrogens (primary N) is 1. The minimum absolute atomic E-state index is 0.0903. The fourth-order valence-electron chi connectivity index (χ4n) is 4.55. The van der Waals surface area contributed by atoms with Crippen LogP contribution in [-0.4, -0.2) is 29.2 Å². The Balaban J connectivity index is 1.73. The van der Waals surface area contributed by atoms with Gasteiger partial charge in [0.25, 0.3) is 0 Å². The van der Waals surface area contributed by atoms with Gasteiger partial charge in [0.1, 0.15) is 23.5 Å². The molecule has 1 aliphatic heterocycles. The Morgan fingerprint density at radius 3 is 2.29 bits per heavy atom. The lowest BCUT2D eigenvalue weighted by molar-refractivity contribution is 0.474. The monoisotopic (exact) mass is 456 g/mol. The van der Waals surface area contributed by atoms with E-state index in [0.29, 0.717) is 24.2 Å². The Kier molecular flexibility index (Phi) is 5.60. The molecule has 3 aromatic carbocycles. The van der Waals surface area contributed by atoms with Crippen LogP contribution in [0.3, 0.4) is 0 Å². The van der Waals surface area contributed by atoms with E-state index in [1.807, 2.05) is 24.3 Å². The summed E-state index contributed by atoms with van der Waals surface area (Å²) < 4.78 is 28.2. The first-order valence-electron chi connectivity index (χ1n) is 11.1. The number of nitrogens with zero attached hydrogens (tertiary/aromatic N) is 3. The van der Waals surface area contributed by atoms with Crippen LogP contribution >= 0.6 is 0 Å². The second kappa shape index (κ2) is 8.73. The quantitative estimate of drug-likeness (QED) is 0.434. The Bertz CT molecular complexity index is 1420. The third-order valence-corrected chi connectivity index (χ3v) is 6.32. The number of aromatic nitrogens is 1. The molecule has 3 N–H and O–H groups in total. The predicted octanol–water partition coefficient (Wildman–Crippen LogP) is 5.35. The largest absolute Gasteiger partial charge is 0.507 e. The van der Waals surface area contributed by atoms with Crippen LogP contribution in [-0.2, 0) is 0 Å². The van der Waals surface area contributed by atoms with Crippen molar-refractivity contribution in [2.45, 2.75) is 18.9 Å². The Labute approximate surface area is 195 Å². The molecule has 170 valence electrons. The first-order valence-corrected chi connectivity index (χ1v) is 11.1. The van der Waals surface area contributed by atoms with Gasteiger partial charge in [-0.3, -0.25) is 4.98 Å². The Hall–Kier alpha value is -4.02. The summed E-state index contributed by atoms with van der Waals surface area (Å²) in [6.45, 7) is 1.43. The van der Waals surface area contributed by atoms with Crippen molar-refractivity contribution in [1.82, 2.24) is 4.98 Å². The van der Waals surface area contributed by atoms with Gasteiger partial charge in [0.2, 0.25) is 0 Å². The fourth-order valence-corrected chi connectivity index (χ4v) is 4.55. The van der Waals surface area contributed by atoms with Crippen molar-refractivity contribution < 1.29 is 13.9 Å². The third-order valence-electron chi connectivity index (χ3n) is 6.32. The number of hydrogen-bond donors (Lipinski definition) is 2. The molecule has 1 aliphatic rings. The van der Waals surface area contributed by atoms with E-state index in [1.165, 1.54) is 12.1 Å². The topological polar surface area (TPSA) is 86.2 Å². The average molecular weight is 456 g/mol. The zero-order valence-corrected chi connectivity index (χ0v) is 18.3. The van der Waals surface area contributed by atoms with Crippen LogP contribution in [0, 0.1) is 23.0 Å². The van der Waals surface area contributed by atoms with Gasteiger partial charge in [-0.15, -0.1) is 0 Å². The van der Waals surface area contributed by atoms with Gasteiger partial charge in [0.05, 0.1) is 16.8 Å². The summed E-state index contributed by atoms with van der Waals surface area (Å²) in [5.74, 6) is -1.39. The third kappa shape index (κ3) is 4.04. The standard InChI is InChI=1S/C27H22F2N4O/c28-20-9-19(10-21(29)13-20)24-15-32-25-4-3-16(17-1-2-18(14-30)26(34)12-17)11-23(25)27(24)33-7-5-22(31)6-8-33/h1-4,9-13,15,22,34H,5-8,31H2. The summed E-state index contributed by atoms with van der Waals surface area (Å²) in [5, 5.41) is 20.1. The number of fused-ring (bicyclic) bond motifs is 1. The maximum absolute atomic E-state index is 14.1. The molecule has 7 heteroatoms. The van der Waals surface area contributed by atoms with E-state index in [1.54, 1.807) is 24.4 Å². The van der Waals surface area contributed by atoms with Gasteiger partial charge < -0.3 is 15.7 Å². The number of pyridine rings is 1. The molecule has 1 saturated heterocycles. The maximum Gasteiger partial charge on any atom is 0.133 e. The predicted molar refractivity (Wildman–Crippen MR) is 128 cm³/mol. The number of nitriles is 1. The molecule has 0 amide bonds. The lowest BCUT2D eigenvalue weighted by atomic mass is 9.96. The zero-order chi connectivity index (χ0) is 23.8. The maximum atomic E-state index is 14.1. The molecule has 2 heterocycles. The highest BCUT2D eigenvalue weighted by molar-refractivity contribution is 6.01. The minimum atomic E-state index is -0.650. The number of phenolic OH excluding ortho intramolecular Hbond substituents is 1. The van der Waals surface area contributed by atoms with Crippen LogP contribution in [0.25, 0.3) is 33.2 Å². The van der Waals surface area contributed by atoms with E-state index in [2.05, 4.69) is 9.88 Å². The molecule has 4 aromatic rings. The van der Waals surface area contributed by atoms with Gasteiger partial charge in [0, 0.05) is 42.3 Å². The summed E-state index contributed by atoms with van der Waals surface area (Å²) >= 11 is 0. The van der Waals surface area contributed by atoms with Crippen molar-refractivity contribution in [1.29, 1.82) is 5.26 Å². The van der Waals surface area contributed by atoms with Crippen LogP contribution < -0.4 is 10.6 Å². The van der Waals surface area contributed by atoms with Crippen molar-refractivity contribution >= 4 is 16.6 Å². The average Bonchev–Trinajstić information content (AvgIpc) is 2.83. The number of piperidine rings is 1. The molecule has 0 spiro atoms. The molecule has 1 aromatic heterocycles. The van der Waals surface area contributed by atoms with Crippen molar-refractivity contribution in [2.75, 3.05) is 18.0 Å².